The van der Waals surface area contributed by atoms with Crippen molar-refractivity contribution >= 4 is 28.9 Å². The Labute approximate surface area is 156 Å². The number of nitrogens with one attached hydrogen (secondary N) is 1. The number of aromatic nitrogens is 1. The molecule has 3 rings (SSSR count). The quantitative estimate of drug-likeness (QED) is 0.792. The summed E-state index contributed by atoms with van der Waals surface area (Å²) in [4.78, 5) is 35.0. The monoisotopic (exact) mass is 371 g/mol. The Morgan fingerprint density at radius 2 is 2.19 bits per heavy atom. The van der Waals surface area contributed by atoms with E-state index >= 15 is 0 Å². The summed E-state index contributed by atoms with van der Waals surface area (Å²) in [5.41, 5.74) is 0.716. The molecule has 0 spiro atoms. The molecule has 7 heteroatoms. The maximum absolute atomic E-state index is 13.0. The average molecular weight is 371 g/mol. The van der Waals surface area contributed by atoms with Crippen molar-refractivity contribution in [2.75, 3.05) is 7.11 Å². The molecular weight excluding hydrogens is 350 g/mol. The number of ether oxygens (including phenoxy) is 1. The molecule has 0 saturated carbocycles. The fourth-order valence-corrected chi connectivity index (χ4v) is 3.38. The molecule has 26 heavy (non-hydrogen) atoms. The van der Waals surface area contributed by atoms with Gasteiger partial charge in [-0.15, -0.1) is 11.3 Å². The summed E-state index contributed by atoms with van der Waals surface area (Å²) in [7, 11) is 1.59. The van der Waals surface area contributed by atoms with E-state index in [2.05, 4.69) is 15.3 Å². The van der Waals surface area contributed by atoms with Crippen LogP contribution in [0.2, 0.25) is 0 Å². The number of rotatable bonds is 6. The molecule has 1 N–H and O–H groups in total. The summed E-state index contributed by atoms with van der Waals surface area (Å²) in [6, 6.07) is 5.36. The van der Waals surface area contributed by atoms with E-state index in [1.807, 2.05) is 25.3 Å². The Morgan fingerprint density at radius 1 is 1.42 bits per heavy atom. The molecule has 2 aromatic heterocycles. The molecule has 1 unspecified atom stereocenters. The number of nitrogens with zero attached hydrogens (tertiary/aromatic N) is 2. The maximum Gasteiger partial charge on any atom is 0.253 e. The summed E-state index contributed by atoms with van der Waals surface area (Å²) in [6.45, 7) is 6.03. The van der Waals surface area contributed by atoms with Gasteiger partial charge in [-0.05, 0) is 35.9 Å². The predicted molar refractivity (Wildman–Crippen MR) is 101 cm³/mol. The van der Waals surface area contributed by atoms with Gasteiger partial charge >= 0.3 is 0 Å². The largest absolute Gasteiger partial charge is 0.380 e. The Bertz CT molecular complexity index is 874. The van der Waals surface area contributed by atoms with Crippen LogP contribution in [0, 0.1) is 5.92 Å². The number of carbonyl (C=O) groups excluding carboxylic acids is 2. The minimum Gasteiger partial charge on any atom is -0.380 e. The minimum absolute atomic E-state index is 0.0178. The lowest BCUT2D eigenvalue weighted by molar-refractivity contribution is -0.124. The minimum atomic E-state index is -0.870. The van der Waals surface area contributed by atoms with Crippen LogP contribution in [0.1, 0.15) is 47.3 Å². The number of amides is 1. The van der Waals surface area contributed by atoms with E-state index in [-0.39, 0.29) is 17.6 Å². The van der Waals surface area contributed by atoms with Gasteiger partial charge in [-0.1, -0.05) is 19.9 Å². The molecule has 0 fully saturated rings. The fourth-order valence-electron chi connectivity index (χ4n) is 2.70. The standard InChI is InChI=1S/C19H21N3O3S/c1-11(2)19(3)18(24)21-17(22-19)15-13(8-12(9-20-15)10-25-4)16(23)14-6-5-7-26-14/h5-9,11H,10H2,1-4H3,(H,21,22,24). The third kappa shape index (κ3) is 3.20. The fraction of sp³-hybridized carbons (Fsp3) is 0.368. The second kappa shape index (κ2) is 7.09. The maximum atomic E-state index is 13.0. The summed E-state index contributed by atoms with van der Waals surface area (Å²) in [6.07, 6.45) is 1.64. The van der Waals surface area contributed by atoms with Crippen LogP contribution in [-0.2, 0) is 16.1 Å². The first-order valence-electron chi connectivity index (χ1n) is 8.34. The molecule has 3 heterocycles. The van der Waals surface area contributed by atoms with Crippen LogP contribution in [0.25, 0.3) is 0 Å². The highest BCUT2D eigenvalue weighted by Gasteiger charge is 2.43. The molecule has 1 aliphatic rings. The van der Waals surface area contributed by atoms with Gasteiger partial charge in [-0.2, -0.15) is 0 Å². The number of ketones is 1. The second-order valence-corrected chi connectivity index (χ2v) is 7.64. The normalized spacial score (nSPS) is 19.6. The van der Waals surface area contributed by atoms with Gasteiger partial charge in [-0.25, -0.2) is 4.99 Å². The average Bonchev–Trinajstić information content (AvgIpc) is 3.24. The number of methoxy groups -OCH3 is 1. The van der Waals surface area contributed by atoms with Gasteiger partial charge in [0.05, 0.1) is 17.0 Å². The molecule has 0 radical (unpaired) electrons. The van der Waals surface area contributed by atoms with E-state index in [0.29, 0.717) is 28.6 Å². The summed E-state index contributed by atoms with van der Waals surface area (Å²) in [5.74, 6) is 0.0367. The van der Waals surface area contributed by atoms with Gasteiger partial charge in [0.15, 0.2) is 5.84 Å². The van der Waals surface area contributed by atoms with Crippen molar-refractivity contribution in [3.05, 3.63) is 51.5 Å². The third-order valence-corrected chi connectivity index (χ3v) is 5.50. The first-order valence-corrected chi connectivity index (χ1v) is 9.22. The molecule has 1 atom stereocenters. The smallest absolute Gasteiger partial charge is 0.253 e. The van der Waals surface area contributed by atoms with Crippen molar-refractivity contribution < 1.29 is 14.3 Å². The molecule has 0 saturated heterocycles. The van der Waals surface area contributed by atoms with Crippen molar-refractivity contribution in [1.29, 1.82) is 0 Å². The van der Waals surface area contributed by atoms with E-state index in [1.165, 1.54) is 11.3 Å². The van der Waals surface area contributed by atoms with Gasteiger partial charge in [0.1, 0.15) is 11.2 Å². The molecule has 136 valence electrons. The first kappa shape index (κ1) is 18.4. The van der Waals surface area contributed by atoms with Crippen molar-refractivity contribution in [1.82, 2.24) is 10.3 Å². The Balaban J connectivity index is 2.10. The zero-order valence-electron chi connectivity index (χ0n) is 15.2. The van der Waals surface area contributed by atoms with Crippen LogP contribution in [-0.4, -0.2) is 35.2 Å². The molecular formula is C19H21N3O3S. The zero-order chi connectivity index (χ0) is 18.9. The van der Waals surface area contributed by atoms with Crippen LogP contribution in [0.3, 0.4) is 0 Å². The highest BCUT2D eigenvalue weighted by Crippen LogP contribution is 2.28. The van der Waals surface area contributed by atoms with Crippen LogP contribution in [0.15, 0.2) is 34.8 Å². The molecule has 2 aromatic rings. The molecule has 0 aliphatic carbocycles. The topological polar surface area (TPSA) is 80.7 Å². The lowest BCUT2D eigenvalue weighted by Gasteiger charge is -2.21. The lowest BCUT2D eigenvalue weighted by Crippen LogP contribution is -2.41. The van der Waals surface area contributed by atoms with Crippen molar-refractivity contribution in [3.8, 4) is 0 Å². The summed E-state index contributed by atoms with van der Waals surface area (Å²) in [5, 5.41) is 4.65. The Kier molecular flexibility index (Phi) is 5.02. The third-order valence-electron chi connectivity index (χ3n) is 4.63. The number of amidine groups is 1. The van der Waals surface area contributed by atoms with Crippen LogP contribution in [0.4, 0.5) is 0 Å². The summed E-state index contributed by atoms with van der Waals surface area (Å²) >= 11 is 1.37. The molecule has 0 aromatic carbocycles. The van der Waals surface area contributed by atoms with E-state index in [9.17, 15) is 9.59 Å². The van der Waals surface area contributed by atoms with E-state index < -0.39 is 5.54 Å². The number of thiophene rings is 1. The van der Waals surface area contributed by atoms with Gasteiger partial charge in [0, 0.05) is 13.3 Å². The first-order chi connectivity index (χ1) is 12.4. The van der Waals surface area contributed by atoms with Gasteiger partial charge in [0.25, 0.3) is 5.91 Å². The second-order valence-electron chi connectivity index (χ2n) is 6.70. The van der Waals surface area contributed by atoms with Gasteiger partial charge < -0.3 is 10.1 Å². The predicted octanol–water partition coefficient (Wildman–Crippen LogP) is 2.81. The number of hydrogen-bond donors (Lipinski definition) is 1. The Hall–Kier alpha value is -2.38. The van der Waals surface area contributed by atoms with Gasteiger partial charge in [0.2, 0.25) is 5.78 Å². The van der Waals surface area contributed by atoms with Crippen molar-refractivity contribution in [3.63, 3.8) is 0 Å². The van der Waals surface area contributed by atoms with Crippen molar-refractivity contribution in [2.45, 2.75) is 32.9 Å². The number of carbonyl (C=O) groups is 2. The van der Waals surface area contributed by atoms with Crippen molar-refractivity contribution in [2.24, 2.45) is 10.9 Å². The summed E-state index contributed by atoms with van der Waals surface area (Å²) < 4.78 is 5.15. The number of aliphatic imine (C=N–C) groups is 1. The zero-order valence-corrected chi connectivity index (χ0v) is 16.0. The highest BCUT2D eigenvalue weighted by molar-refractivity contribution is 7.12. The van der Waals surface area contributed by atoms with Crippen LogP contribution >= 0.6 is 11.3 Å². The Morgan fingerprint density at radius 3 is 2.77 bits per heavy atom. The van der Waals surface area contributed by atoms with Crippen LogP contribution < -0.4 is 5.32 Å². The molecule has 6 nitrogen and oxygen atoms in total. The molecule has 1 amide bonds. The van der Waals surface area contributed by atoms with E-state index in [1.54, 1.807) is 32.4 Å². The lowest BCUT2D eigenvalue weighted by atomic mass is 9.89. The molecule has 0 bridgehead atoms. The van der Waals surface area contributed by atoms with Crippen LogP contribution in [0.5, 0.6) is 0 Å². The number of hydrogen-bond acceptors (Lipinski definition) is 6. The van der Waals surface area contributed by atoms with E-state index in [4.69, 9.17) is 4.74 Å². The van der Waals surface area contributed by atoms with E-state index in [0.717, 1.165) is 5.56 Å². The SMILES string of the molecule is COCc1cnc(C2=NC(C)(C(C)C)C(=O)N2)c(C(=O)c2cccs2)c1. The van der Waals surface area contributed by atoms with Gasteiger partial charge in [-0.3, -0.25) is 14.6 Å². The highest BCUT2D eigenvalue weighted by atomic mass is 32.1. The molecule has 1 aliphatic heterocycles. The number of pyridine rings is 1.